The maximum Gasteiger partial charge on any atom is 0.264 e. The molecule has 1 fully saturated rings. The molecule has 1 aromatic heterocycles. The molecule has 0 saturated carbocycles. The van der Waals surface area contributed by atoms with Gasteiger partial charge in [0, 0.05) is 23.3 Å². The highest BCUT2D eigenvalue weighted by Crippen LogP contribution is 2.33. The zero-order valence-electron chi connectivity index (χ0n) is 11.2. The van der Waals surface area contributed by atoms with E-state index in [0.717, 1.165) is 43.5 Å². The Hall–Kier alpha value is -0.540. The summed E-state index contributed by atoms with van der Waals surface area (Å²) >= 11 is 7.50. The number of amides is 1. The smallest absolute Gasteiger partial charge is 0.264 e. The number of likely N-dealkylation sites (tertiary alicyclic amines) is 1. The van der Waals surface area contributed by atoms with E-state index < -0.39 is 0 Å². The monoisotopic (exact) mass is 297 g/mol. The molecule has 1 aromatic rings. The molecule has 4 heteroatoms. The van der Waals surface area contributed by atoms with E-state index in [1.54, 1.807) is 11.3 Å². The molecule has 1 amide bonds. The Morgan fingerprint density at radius 2 is 2.32 bits per heavy atom. The first-order chi connectivity index (χ1) is 9.29. The van der Waals surface area contributed by atoms with Gasteiger partial charge in [0.2, 0.25) is 0 Å². The number of thiophene rings is 1. The Morgan fingerprint density at radius 3 is 3.11 bits per heavy atom. The zero-order valence-corrected chi connectivity index (χ0v) is 12.7. The van der Waals surface area contributed by atoms with Gasteiger partial charge in [0.1, 0.15) is 0 Å². The summed E-state index contributed by atoms with van der Waals surface area (Å²) in [6.45, 7) is 0.925. The SMILES string of the molecule is O=C(c1cc2c(s1)CCC2)N1CCCC1CCCCl. The quantitative estimate of drug-likeness (QED) is 0.773. The maximum atomic E-state index is 12.6. The van der Waals surface area contributed by atoms with Gasteiger partial charge in [-0.1, -0.05) is 0 Å². The molecule has 2 heterocycles. The summed E-state index contributed by atoms with van der Waals surface area (Å²) in [7, 11) is 0. The Balaban J connectivity index is 1.71. The molecule has 1 unspecified atom stereocenters. The van der Waals surface area contributed by atoms with E-state index in [0.29, 0.717) is 11.9 Å². The summed E-state index contributed by atoms with van der Waals surface area (Å²) in [5, 5.41) is 0. The third-order valence-corrected chi connectivity index (χ3v) is 5.76. The number of rotatable bonds is 4. The van der Waals surface area contributed by atoms with E-state index in [9.17, 15) is 4.79 Å². The van der Waals surface area contributed by atoms with Gasteiger partial charge in [0.05, 0.1) is 4.88 Å². The minimum atomic E-state index is 0.261. The van der Waals surface area contributed by atoms with Crippen molar-refractivity contribution in [2.45, 2.75) is 51.0 Å². The summed E-state index contributed by atoms with van der Waals surface area (Å²) in [6.07, 6.45) is 7.95. The number of halogens is 1. The van der Waals surface area contributed by atoms with Crippen molar-refractivity contribution in [1.82, 2.24) is 4.90 Å². The third-order valence-electron chi connectivity index (χ3n) is 4.27. The van der Waals surface area contributed by atoms with Gasteiger partial charge in [-0.15, -0.1) is 22.9 Å². The van der Waals surface area contributed by atoms with Crippen LogP contribution in [-0.2, 0) is 12.8 Å². The second-order valence-electron chi connectivity index (χ2n) is 5.54. The van der Waals surface area contributed by atoms with Crippen LogP contribution in [0.2, 0.25) is 0 Å². The summed E-state index contributed by atoms with van der Waals surface area (Å²) < 4.78 is 0. The van der Waals surface area contributed by atoms with Crippen molar-refractivity contribution >= 4 is 28.8 Å². The normalized spacial score (nSPS) is 21.9. The van der Waals surface area contributed by atoms with Crippen molar-refractivity contribution in [3.05, 3.63) is 21.4 Å². The molecule has 104 valence electrons. The second kappa shape index (κ2) is 5.84. The number of carbonyl (C=O) groups excluding carboxylic acids is 1. The summed E-state index contributed by atoms with van der Waals surface area (Å²) in [5.41, 5.74) is 1.42. The molecule has 19 heavy (non-hydrogen) atoms. The predicted octanol–water partition coefficient (Wildman–Crippen LogP) is 3.86. The topological polar surface area (TPSA) is 20.3 Å². The van der Waals surface area contributed by atoms with Crippen molar-refractivity contribution in [2.24, 2.45) is 0 Å². The van der Waals surface area contributed by atoms with Crippen LogP contribution in [0.15, 0.2) is 6.07 Å². The molecule has 1 aliphatic carbocycles. The van der Waals surface area contributed by atoms with E-state index in [1.165, 1.54) is 23.3 Å². The largest absolute Gasteiger partial charge is 0.335 e. The van der Waals surface area contributed by atoms with Crippen molar-refractivity contribution in [3.63, 3.8) is 0 Å². The van der Waals surface area contributed by atoms with Crippen molar-refractivity contribution in [2.75, 3.05) is 12.4 Å². The van der Waals surface area contributed by atoms with Gasteiger partial charge in [0.15, 0.2) is 0 Å². The van der Waals surface area contributed by atoms with Crippen LogP contribution in [-0.4, -0.2) is 29.3 Å². The van der Waals surface area contributed by atoms with Crippen LogP contribution < -0.4 is 0 Å². The standard InChI is InChI=1S/C15H20ClNOS/c16-8-2-5-12-6-3-9-17(12)15(18)14-10-11-4-1-7-13(11)19-14/h10,12H,1-9H2. The Morgan fingerprint density at radius 1 is 1.42 bits per heavy atom. The van der Waals surface area contributed by atoms with Crippen LogP contribution in [0.3, 0.4) is 0 Å². The highest BCUT2D eigenvalue weighted by atomic mass is 35.5. The van der Waals surface area contributed by atoms with Crippen molar-refractivity contribution in [1.29, 1.82) is 0 Å². The van der Waals surface area contributed by atoms with Gasteiger partial charge in [0.25, 0.3) is 5.91 Å². The number of carbonyl (C=O) groups is 1. The minimum Gasteiger partial charge on any atom is -0.335 e. The molecule has 0 spiro atoms. The predicted molar refractivity (Wildman–Crippen MR) is 80.4 cm³/mol. The molecule has 1 aliphatic heterocycles. The average Bonchev–Trinajstić information content (AvgIpc) is 3.09. The number of aryl methyl sites for hydroxylation is 2. The highest BCUT2D eigenvalue weighted by Gasteiger charge is 2.30. The van der Waals surface area contributed by atoms with Crippen LogP contribution in [0.1, 0.15) is 52.2 Å². The fraction of sp³-hybridized carbons (Fsp3) is 0.667. The first-order valence-electron chi connectivity index (χ1n) is 7.28. The minimum absolute atomic E-state index is 0.261. The van der Waals surface area contributed by atoms with Gasteiger partial charge in [-0.2, -0.15) is 0 Å². The number of fused-ring (bicyclic) bond motifs is 1. The number of nitrogens with zero attached hydrogens (tertiary/aromatic N) is 1. The Labute approximate surface area is 123 Å². The molecule has 2 nitrogen and oxygen atoms in total. The summed E-state index contributed by atoms with van der Waals surface area (Å²) in [5.74, 6) is 0.961. The van der Waals surface area contributed by atoms with E-state index in [1.807, 2.05) is 0 Å². The molecule has 0 bridgehead atoms. The third kappa shape index (κ3) is 2.68. The molecule has 2 aliphatic rings. The van der Waals surface area contributed by atoms with Gasteiger partial charge >= 0.3 is 0 Å². The molecule has 0 aromatic carbocycles. The van der Waals surface area contributed by atoms with Crippen LogP contribution >= 0.6 is 22.9 Å². The van der Waals surface area contributed by atoms with Crippen molar-refractivity contribution < 1.29 is 4.79 Å². The van der Waals surface area contributed by atoms with Gasteiger partial charge in [-0.3, -0.25) is 4.79 Å². The molecular weight excluding hydrogens is 278 g/mol. The van der Waals surface area contributed by atoms with Crippen LogP contribution in [0.25, 0.3) is 0 Å². The van der Waals surface area contributed by atoms with Gasteiger partial charge in [-0.05, 0) is 56.6 Å². The van der Waals surface area contributed by atoms with Crippen LogP contribution in [0.4, 0.5) is 0 Å². The first kappa shape index (κ1) is 13.4. The zero-order chi connectivity index (χ0) is 13.2. The summed E-state index contributed by atoms with van der Waals surface area (Å²) in [6, 6.07) is 2.56. The fourth-order valence-electron chi connectivity index (χ4n) is 3.29. The van der Waals surface area contributed by atoms with Crippen LogP contribution in [0, 0.1) is 0 Å². The van der Waals surface area contributed by atoms with Gasteiger partial charge < -0.3 is 4.90 Å². The molecule has 3 rings (SSSR count). The lowest BCUT2D eigenvalue weighted by atomic mass is 10.1. The number of hydrogen-bond acceptors (Lipinski definition) is 2. The summed E-state index contributed by atoms with van der Waals surface area (Å²) in [4.78, 5) is 17.1. The lowest BCUT2D eigenvalue weighted by Crippen LogP contribution is -2.35. The van der Waals surface area contributed by atoms with Crippen molar-refractivity contribution in [3.8, 4) is 0 Å². The first-order valence-corrected chi connectivity index (χ1v) is 8.63. The van der Waals surface area contributed by atoms with E-state index in [-0.39, 0.29) is 5.91 Å². The molecule has 0 radical (unpaired) electrons. The second-order valence-corrected chi connectivity index (χ2v) is 7.05. The Bertz CT molecular complexity index is 449. The van der Waals surface area contributed by atoms with E-state index in [4.69, 9.17) is 11.6 Å². The number of hydrogen-bond donors (Lipinski definition) is 0. The van der Waals surface area contributed by atoms with Gasteiger partial charge in [-0.25, -0.2) is 0 Å². The lowest BCUT2D eigenvalue weighted by molar-refractivity contribution is 0.0735. The fourth-order valence-corrected chi connectivity index (χ4v) is 4.66. The molecule has 1 saturated heterocycles. The average molecular weight is 298 g/mol. The molecular formula is C15H20ClNOS. The molecule has 0 N–H and O–H groups in total. The van der Waals surface area contributed by atoms with Crippen LogP contribution in [0.5, 0.6) is 0 Å². The lowest BCUT2D eigenvalue weighted by Gasteiger charge is -2.24. The molecule has 1 atom stereocenters. The highest BCUT2D eigenvalue weighted by molar-refractivity contribution is 7.14. The maximum absolute atomic E-state index is 12.6. The van der Waals surface area contributed by atoms with E-state index in [2.05, 4.69) is 11.0 Å². The number of alkyl halides is 1. The van der Waals surface area contributed by atoms with E-state index >= 15 is 0 Å². The Kier molecular flexibility index (Phi) is 4.13.